The molecule has 0 saturated carbocycles. The fraction of sp³-hybridized carbons (Fsp3) is 0.412. The zero-order valence-electron chi connectivity index (χ0n) is 13.6. The molecule has 1 fully saturated rings. The van der Waals surface area contributed by atoms with Gasteiger partial charge in [-0.15, -0.1) is 0 Å². The molecule has 0 radical (unpaired) electrons. The van der Waals surface area contributed by atoms with Crippen molar-refractivity contribution in [2.75, 3.05) is 13.1 Å². The van der Waals surface area contributed by atoms with E-state index < -0.39 is 6.61 Å². The lowest BCUT2D eigenvalue weighted by Gasteiger charge is -2.17. The van der Waals surface area contributed by atoms with E-state index in [2.05, 4.69) is 9.84 Å². The SMILES string of the molecule is Cc1cc(C)n(C2CCN(C(=O)c3ccc(OC(F)F)cc3)C2)n1. The molecule has 24 heavy (non-hydrogen) atoms. The average Bonchev–Trinajstić information content (AvgIpc) is 3.13. The number of ether oxygens (including phenoxy) is 1. The van der Waals surface area contributed by atoms with Crippen molar-refractivity contribution in [1.29, 1.82) is 0 Å². The summed E-state index contributed by atoms with van der Waals surface area (Å²) in [5, 5.41) is 4.49. The van der Waals surface area contributed by atoms with Crippen molar-refractivity contribution in [2.24, 2.45) is 0 Å². The van der Waals surface area contributed by atoms with Crippen LogP contribution in [0.4, 0.5) is 8.78 Å². The predicted molar refractivity (Wildman–Crippen MR) is 84.3 cm³/mol. The molecular weight excluding hydrogens is 316 g/mol. The fourth-order valence-electron chi connectivity index (χ4n) is 3.10. The van der Waals surface area contributed by atoms with E-state index in [0.29, 0.717) is 18.7 Å². The van der Waals surface area contributed by atoms with Gasteiger partial charge in [0.2, 0.25) is 0 Å². The molecule has 2 aromatic rings. The monoisotopic (exact) mass is 335 g/mol. The first kappa shape index (κ1) is 16.4. The maximum Gasteiger partial charge on any atom is 0.387 e. The number of amides is 1. The van der Waals surface area contributed by atoms with Gasteiger partial charge in [-0.3, -0.25) is 9.48 Å². The lowest BCUT2D eigenvalue weighted by molar-refractivity contribution is -0.0498. The minimum absolute atomic E-state index is 0.0449. The van der Waals surface area contributed by atoms with Gasteiger partial charge in [0, 0.05) is 24.3 Å². The minimum Gasteiger partial charge on any atom is -0.435 e. The molecule has 1 aliphatic heterocycles. The molecule has 1 unspecified atom stereocenters. The molecule has 128 valence electrons. The number of halogens is 2. The van der Waals surface area contributed by atoms with Gasteiger partial charge in [0.1, 0.15) is 5.75 Å². The first-order valence-electron chi connectivity index (χ1n) is 7.81. The highest BCUT2D eigenvalue weighted by molar-refractivity contribution is 5.94. The Balaban J connectivity index is 1.67. The van der Waals surface area contributed by atoms with E-state index >= 15 is 0 Å². The predicted octanol–water partition coefficient (Wildman–Crippen LogP) is 3.19. The fourth-order valence-corrected chi connectivity index (χ4v) is 3.10. The molecule has 0 spiro atoms. The van der Waals surface area contributed by atoms with Crippen LogP contribution in [0, 0.1) is 13.8 Å². The Labute approximate surface area is 138 Å². The summed E-state index contributed by atoms with van der Waals surface area (Å²) in [6, 6.07) is 7.98. The van der Waals surface area contributed by atoms with Crippen molar-refractivity contribution < 1.29 is 18.3 Å². The molecule has 7 heteroatoms. The highest BCUT2D eigenvalue weighted by Crippen LogP contribution is 2.25. The molecular formula is C17H19F2N3O2. The number of alkyl halides is 2. The second-order valence-electron chi connectivity index (χ2n) is 5.97. The van der Waals surface area contributed by atoms with Gasteiger partial charge in [0.15, 0.2) is 0 Å². The van der Waals surface area contributed by atoms with Crippen LogP contribution in [0.5, 0.6) is 5.75 Å². The van der Waals surface area contributed by atoms with Gasteiger partial charge in [0.05, 0.1) is 11.7 Å². The second-order valence-corrected chi connectivity index (χ2v) is 5.97. The van der Waals surface area contributed by atoms with Gasteiger partial charge in [-0.1, -0.05) is 0 Å². The van der Waals surface area contributed by atoms with Crippen LogP contribution in [0.1, 0.15) is 34.2 Å². The quantitative estimate of drug-likeness (QED) is 0.862. The van der Waals surface area contributed by atoms with Crippen LogP contribution in [-0.4, -0.2) is 40.3 Å². The molecule has 0 aliphatic carbocycles. The van der Waals surface area contributed by atoms with Crippen molar-refractivity contribution in [1.82, 2.24) is 14.7 Å². The van der Waals surface area contributed by atoms with Gasteiger partial charge in [-0.25, -0.2) is 0 Å². The largest absolute Gasteiger partial charge is 0.435 e. The normalized spacial score (nSPS) is 17.5. The minimum atomic E-state index is -2.87. The van der Waals surface area contributed by atoms with Gasteiger partial charge < -0.3 is 9.64 Å². The molecule has 1 atom stereocenters. The van der Waals surface area contributed by atoms with Crippen LogP contribution >= 0.6 is 0 Å². The Bertz CT molecular complexity index is 728. The van der Waals surface area contributed by atoms with E-state index in [0.717, 1.165) is 17.8 Å². The molecule has 1 aliphatic rings. The Morgan fingerprint density at radius 1 is 1.29 bits per heavy atom. The van der Waals surface area contributed by atoms with Gasteiger partial charge >= 0.3 is 6.61 Å². The summed E-state index contributed by atoms with van der Waals surface area (Å²) in [7, 11) is 0. The molecule has 1 amide bonds. The maximum absolute atomic E-state index is 12.6. The molecule has 1 aromatic carbocycles. The summed E-state index contributed by atoms with van der Waals surface area (Å²) in [5.41, 5.74) is 2.51. The van der Waals surface area contributed by atoms with Crippen LogP contribution in [0.2, 0.25) is 0 Å². The zero-order chi connectivity index (χ0) is 17.3. The summed E-state index contributed by atoms with van der Waals surface area (Å²) < 4.78 is 30.6. The number of aryl methyl sites for hydroxylation is 2. The molecule has 2 heterocycles. The molecule has 1 saturated heterocycles. The standard InChI is InChI=1S/C17H19F2N3O2/c1-11-9-12(2)22(20-11)14-7-8-21(10-14)16(23)13-3-5-15(6-4-13)24-17(18)19/h3-6,9,14,17H,7-8,10H2,1-2H3. The number of rotatable bonds is 4. The van der Waals surface area contributed by atoms with Crippen LogP contribution < -0.4 is 4.74 Å². The summed E-state index contributed by atoms with van der Waals surface area (Å²) in [6.45, 7) is 2.33. The van der Waals surface area contributed by atoms with Gasteiger partial charge in [0.25, 0.3) is 5.91 Å². The lowest BCUT2D eigenvalue weighted by atomic mass is 10.2. The smallest absolute Gasteiger partial charge is 0.387 e. The van der Waals surface area contributed by atoms with Crippen LogP contribution in [0.25, 0.3) is 0 Å². The van der Waals surface area contributed by atoms with E-state index in [1.54, 1.807) is 4.90 Å². The van der Waals surface area contributed by atoms with E-state index in [4.69, 9.17) is 0 Å². The maximum atomic E-state index is 12.6. The lowest BCUT2D eigenvalue weighted by Crippen LogP contribution is -2.29. The second kappa shape index (κ2) is 6.59. The number of carbonyl (C=O) groups excluding carboxylic acids is 1. The molecule has 5 nitrogen and oxygen atoms in total. The van der Waals surface area contributed by atoms with Crippen molar-refractivity contribution in [3.63, 3.8) is 0 Å². The third kappa shape index (κ3) is 3.39. The number of likely N-dealkylation sites (tertiary alicyclic amines) is 1. The van der Waals surface area contributed by atoms with E-state index in [1.807, 2.05) is 24.6 Å². The molecule has 0 N–H and O–H groups in total. The van der Waals surface area contributed by atoms with Crippen LogP contribution in [-0.2, 0) is 0 Å². The molecule has 0 bridgehead atoms. The summed E-state index contributed by atoms with van der Waals surface area (Å²) in [6.07, 6.45) is 0.847. The Kier molecular flexibility index (Phi) is 4.51. The van der Waals surface area contributed by atoms with Gasteiger partial charge in [-0.05, 0) is 50.6 Å². The number of aromatic nitrogens is 2. The first-order valence-corrected chi connectivity index (χ1v) is 7.81. The highest BCUT2D eigenvalue weighted by atomic mass is 19.3. The van der Waals surface area contributed by atoms with Crippen LogP contribution in [0.15, 0.2) is 30.3 Å². The van der Waals surface area contributed by atoms with E-state index in [9.17, 15) is 13.6 Å². The Morgan fingerprint density at radius 2 is 2.00 bits per heavy atom. The zero-order valence-corrected chi connectivity index (χ0v) is 13.6. The number of hydrogen-bond acceptors (Lipinski definition) is 3. The van der Waals surface area contributed by atoms with Crippen molar-refractivity contribution in [3.05, 3.63) is 47.3 Å². The summed E-state index contributed by atoms with van der Waals surface area (Å²) >= 11 is 0. The third-order valence-electron chi connectivity index (χ3n) is 4.17. The first-order chi connectivity index (χ1) is 11.4. The van der Waals surface area contributed by atoms with Crippen molar-refractivity contribution in [3.8, 4) is 5.75 Å². The van der Waals surface area contributed by atoms with E-state index in [1.165, 1.54) is 24.3 Å². The number of benzene rings is 1. The van der Waals surface area contributed by atoms with Gasteiger partial charge in [-0.2, -0.15) is 13.9 Å². The van der Waals surface area contributed by atoms with E-state index in [-0.39, 0.29) is 17.7 Å². The summed E-state index contributed by atoms with van der Waals surface area (Å²) in [5.74, 6) is -0.0638. The Hall–Kier alpha value is -2.44. The average molecular weight is 335 g/mol. The molecule has 1 aromatic heterocycles. The summed E-state index contributed by atoms with van der Waals surface area (Å²) in [4.78, 5) is 14.3. The van der Waals surface area contributed by atoms with Crippen molar-refractivity contribution >= 4 is 5.91 Å². The number of carbonyl (C=O) groups is 1. The number of nitrogens with zero attached hydrogens (tertiary/aromatic N) is 3. The molecule has 3 rings (SSSR count). The Morgan fingerprint density at radius 3 is 2.58 bits per heavy atom. The topological polar surface area (TPSA) is 47.4 Å². The highest BCUT2D eigenvalue weighted by Gasteiger charge is 2.29. The van der Waals surface area contributed by atoms with Crippen molar-refractivity contribution in [2.45, 2.75) is 32.9 Å². The third-order valence-corrected chi connectivity index (χ3v) is 4.17. The number of hydrogen-bond donors (Lipinski definition) is 0. The van der Waals surface area contributed by atoms with Crippen LogP contribution in [0.3, 0.4) is 0 Å².